The molecule has 3 aromatic heterocycles. The molecule has 102 valence electrons. The Labute approximate surface area is 118 Å². The quantitative estimate of drug-likeness (QED) is 0.743. The van der Waals surface area contributed by atoms with Crippen LogP contribution in [-0.2, 0) is 6.54 Å². The Bertz CT molecular complexity index is 736. The molecule has 0 unspecified atom stereocenters. The van der Waals surface area contributed by atoms with E-state index in [-0.39, 0.29) is 5.91 Å². The summed E-state index contributed by atoms with van der Waals surface area (Å²) >= 11 is 1.25. The van der Waals surface area contributed by atoms with Gasteiger partial charge in [-0.3, -0.25) is 9.48 Å². The van der Waals surface area contributed by atoms with Gasteiger partial charge in [0, 0.05) is 24.3 Å². The fourth-order valence-corrected chi connectivity index (χ4v) is 2.79. The van der Waals surface area contributed by atoms with Gasteiger partial charge >= 0.3 is 0 Å². The van der Waals surface area contributed by atoms with Gasteiger partial charge in [-0.2, -0.15) is 10.2 Å². The summed E-state index contributed by atoms with van der Waals surface area (Å²) in [6, 6.07) is 3.60. The smallest absolute Gasteiger partial charge is 0.263 e. The molecule has 3 rings (SSSR count). The highest BCUT2D eigenvalue weighted by atomic mass is 32.1. The maximum atomic E-state index is 12.1. The van der Waals surface area contributed by atoms with Crippen LogP contribution in [0.1, 0.15) is 9.67 Å². The number of anilines is 1. The van der Waals surface area contributed by atoms with E-state index in [4.69, 9.17) is 5.73 Å². The minimum absolute atomic E-state index is 0.197. The van der Waals surface area contributed by atoms with Crippen LogP contribution in [0.4, 0.5) is 5.69 Å². The van der Waals surface area contributed by atoms with Crippen LogP contribution >= 0.6 is 11.3 Å². The van der Waals surface area contributed by atoms with Crippen LogP contribution in [0.3, 0.4) is 0 Å². The number of nitrogens with two attached hydrogens (primary N) is 1. The summed E-state index contributed by atoms with van der Waals surface area (Å²) in [6.45, 7) is 1.10. The first-order valence-electron chi connectivity index (χ1n) is 6.01. The molecule has 0 saturated carbocycles. The van der Waals surface area contributed by atoms with Crippen LogP contribution in [-0.4, -0.2) is 32.4 Å². The molecular weight excluding hydrogens is 276 g/mol. The van der Waals surface area contributed by atoms with Gasteiger partial charge in [-0.15, -0.1) is 16.4 Å². The maximum Gasteiger partial charge on any atom is 0.263 e. The van der Waals surface area contributed by atoms with Crippen molar-refractivity contribution in [3.8, 4) is 0 Å². The molecule has 3 heterocycles. The predicted molar refractivity (Wildman–Crippen MR) is 76.4 cm³/mol. The number of carbonyl (C=O) groups is 1. The molecule has 3 aromatic rings. The predicted octanol–water partition coefficient (Wildman–Crippen LogP) is 0.900. The number of thiophene rings is 1. The van der Waals surface area contributed by atoms with Crippen LogP contribution in [0.25, 0.3) is 10.2 Å². The Kier molecular flexibility index (Phi) is 3.30. The number of nitrogen functional groups attached to an aromatic ring is 1. The van der Waals surface area contributed by atoms with Gasteiger partial charge in [0.1, 0.15) is 9.71 Å². The van der Waals surface area contributed by atoms with Crippen LogP contribution < -0.4 is 11.1 Å². The lowest BCUT2D eigenvalue weighted by Gasteiger charge is -2.04. The fraction of sp³-hybridized carbons (Fsp3) is 0.167. The Morgan fingerprint density at radius 1 is 1.45 bits per heavy atom. The van der Waals surface area contributed by atoms with Crippen LogP contribution in [0.15, 0.2) is 30.7 Å². The van der Waals surface area contributed by atoms with E-state index < -0.39 is 0 Å². The number of rotatable bonds is 4. The van der Waals surface area contributed by atoms with Crippen molar-refractivity contribution in [3.05, 3.63) is 35.6 Å². The summed E-state index contributed by atoms with van der Waals surface area (Å²) in [5.74, 6) is -0.197. The zero-order valence-corrected chi connectivity index (χ0v) is 11.3. The van der Waals surface area contributed by atoms with E-state index in [0.717, 1.165) is 5.39 Å². The van der Waals surface area contributed by atoms with E-state index in [1.54, 1.807) is 23.1 Å². The summed E-state index contributed by atoms with van der Waals surface area (Å²) < 4.78 is 1.75. The Morgan fingerprint density at radius 2 is 2.35 bits per heavy atom. The second-order valence-electron chi connectivity index (χ2n) is 4.12. The molecule has 0 bridgehead atoms. The molecule has 0 saturated heterocycles. The molecule has 0 spiro atoms. The Balaban J connectivity index is 1.71. The molecule has 8 heteroatoms. The monoisotopic (exact) mass is 288 g/mol. The topological polar surface area (TPSA) is 98.7 Å². The molecule has 0 fully saturated rings. The second-order valence-corrected chi connectivity index (χ2v) is 5.12. The Hall–Kier alpha value is -2.48. The number of amides is 1. The molecule has 1 amide bonds. The normalized spacial score (nSPS) is 10.8. The van der Waals surface area contributed by atoms with Crippen molar-refractivity contribution in [2.24, 2.45) is 0 Å². The van der Waals surface area contributed by atoms with E-state index in [1.165, 1.54) is 11.3 Å². The highest BCUT2D eigenvalue weighted by Crippen LogP contribution is 2.31. The van der Waals surface area contributed by atoms with Crippen molar-refractivity contribution >= 4 is 33.1 Å². The number of nitrogens with one attached hydrogen (secondary N) is 1. The summed E-state index contributed by atoms with van der Waals surface area (Å²) in [4.78, 5) is 13.2. The van der Waals surface area contributed by atoms with Crippen LogP contribution in [0, 0.1) is 0 Å². The lowest BCUT2D eigenvalue weighted by atomic mass is 10.3. The summed E-state index contributed by atoms with van der Waals surface area (Å²) in [5, 5.41) is 15.4. The zero-order chi connectivity index (χ0) is 13.9. The molecule has 0 radical (unpaired) electrons. The third-order valence-corrected chi connectivity index (χ3v) is 3.92. The lowest BCUT2D eigenvalue weighted by Crippen LogP contribution is -2.27. The average Bonchev–Trinajstić information content (AvgIpc) is 3.08. The average molecular weight is 288 g/mol. The van der Waals surface area contributed by atoms with E-state index in [9.17, 15) is 4.79 Å². The lowest BCUT2D eigenvalue weighted by molar-refractivity contribution is 0.0957. The van der Waals surface area contributed by atoms with Crippen LogP contribution in [0.5, 0.6) is 0 Å². The number of fused-ring (bicyclic) bond motifs is 1. The first-order valence-corrected chi connectivity index (χ1v) is 6.82. The molecule has 3 N–H and O–H groups in total. The van der Waals surface area contributed by atoms with Gasteiger partial charge in [-0.25, -0.2) is 0 Å². The Morgan fingerprint density at radius 3 is 3.10 bits per heavy atom. The van der Waals surface area contributed by atoms with Gasteiger partial charge < -0.3 is 11.1 Å². The minimum atomic E-state index is -0.197. The van der Waals surface area contributed by atoms with Crippen molar-refractivity contribution in [1.29, 1.82) is 0 Å². The van der Waals surface area contributed by atoms with Crippen LogP contribution in [0.2, 0.25) is 0 Å². The maximum absolute atomic E-state index is 12.1. The number of carbonyl (C=O) groups excluding carboxylic acids is 1. The van der Waals surface area contributed by atoms with E-state index in [1.807, 2.05) is 12.3 Å². The highest BCUT2D eigenvalue weighted by Gasteiger charge is 2.16. The molecule has 0 atom stereocenters. The molecule has 0 aromatic carbocycles. The first-order chi connectivity index (χ1) is 9.75. The largest absolute Gasteiger partial charge is 0.397 e. The van der Waals surface area contributed by atoms with E-state index in [0.29, 0.717) is 28.5 Å². The standard InChI is InChI=1S/C12H12N6OS/c13-9-8-2-4-15-17-12(8)20-10(9)11(19)14-5-7-18-6-1-3-16-18/h1-4,6H,5,7,13H2,(H,14,19). The molecule has 0 aliphatic carbocycles. The van der Waals surface area contributed by atoms with Gasteiger partial charge in [0.05, 0.1) is 18.4 Å². The zero-order valence-electron chi connectivity index (χ0n) is 10.5. The van der Waals surface area contributed by atoms with Gasteiger partial charge in [-0.05, 0) is 12.1 Å². The van der Waals surface area contributed by atoms with Gasteiger partial charge in [0.25, 0.3) is 5.91 Å². The highest BCUT2D eigenvalue weighted by molar-refractivity contribution is 7.21. The second kappa shape index (κ2) is 5.25. The van der Waals surface area contributed by atoms with E-state index >= 15 is 0 Å². The fourth-order valence-electron chi connectivity index (χ4n) is 1.84. The van der Waals surface area contributed by atoms with Crippen molar-refractivity contribution in [1.82, 2.24) is 25.3 Å². The third-order valence-electron chi connectivity index (χ3n) is 2.81. The minimum Gasteiger partial charge on any atom is -0.397 e. The number of hydrogen-bond donors (Lipinski definition) is 2. The summed E-state index contributed by atoms with van der Waals surface area (Å²) in [7, 11) is 0. The van der Waals surface area contributed by atoms with Crippen molar-refractivity contribution in [2.45, 2.75) is 6.54 Å². The van der Waals surface area contributed by atoms with Crippen molar-refractivity contribution in [3.63, 3.8) is 0 Å². The molecule has 0 aliphatic rings. The van der Waals surface area contributed by atoms with Gasteiger partial charge in [0.15, 0.2) is 0 Å². The van der Waals surface area contributed by atoms with Gasteiger partial charge in [-0.1, -0.05) is 0 Å². The molecular formula is C12H12N6OS. The number of aromatic nitrogens is 4. The van der Waals surface area contributed by atoms with Crippen molar-refractivity contribution < 1.29 is 4.79 Å². The molecule has 7 nitrogen and oxygen atoms in total. The molecule has 0 aliphatic heterocycles. The van der Waals surface area contributed by atoms with E-state index in [2.05, 4.69) is 20.6 Å². The number of nitrogens with zero attached hydrogens (tertiary/aromatic N) is 4. The number of hydrogen-bond acceptors (Lipinski definition) is 6. The molecule has 20 heavy (non-hydrogen) atoms. The third kappa shape index (κ3) is 2.32. The van der Waals surface area contributed by atoms with Gasteiger partial charge in [0.2, 0.25) is 0 Å². The SMILES string of the molecule is Nc1c(C(=O)NCCn2cccn2)sc2nnccc12. The van der Waals surface area contributed by atoms with Crippen molar-refractivity contribution in [2.75, 3.05) is 12.3 Å². The first kappa shape index (κ1) is 12.5. The summed E-state index contributed by atoms with van der Waals surface area (Å²) in [5.41, 5.74) is 6.43. The summed E-state index contributed by atoms with van der Waals surface area (Å²) in [6.07, 6.45) is 5.10.